The van der Waals surface area contributed by atoms with Crippen molar-refractivity contribution in [3.05, 3.63) is 23.8 Å². The number of hydrogen-bond donors (Lipinski definition) is 1. The van der Waals surface area contributed by atoms with Gasteiger partial charge in [0.1, 0.15) is 5.75 Å². The fourth-order valence-corrected chi connectivity index (χ4v) is 1.04. The van der Waals surface area contributed by atoms with Gasteiger partial charge in [-0.1, -0.05) is 6.07 Å². The van der Waals surface area contributed by atoms with Gasteiger partial charge in [0.25, 0.3) is 0 Å². The van der Waals surface area contributed by atoms with Crippen LogP contribution in [0.15, 0.2) is 18.2 Å². The van der Waals surface area contributed by atoms with E-state index >= 15 is 0 Å². The van der Waals surface area contributed by atoms with Gasteiger partial charge in [-0.15, -0.1) is 0 Å². The molecule has 1 aromatic carbocycles. The van der Waals surface area contributed by atoms with E-state index in [1.807, 2.05) is 0 Å². The standard InChI is InChI=1S/C9H9F2NO3/c1-14-6-4-2-3-5(7(6)12)8(13)15-9(10)11/h2-4,9H,12H2,1H3. The maximum absolute atomic E-state index is 11.8. The first-order chi connectivity index (χ1) is 7.06. The van der Waals surface area contributed by atoms with Crippen molar-refractivity contribution in [1.29, 1.82) is 0 Å². The van der Waals surface area contributed by atoms with E-state index in [9.17, 15) is 13.6 Å². The Labute approximate surface area is 84.6 Å². The van der Waals surface area contributed by atoms with Gasteiger partial charge in [-0.3, -0.25) is 0 Å². The average Bonchev–Trinajstić information content (AvgIpc) is 2.17. The van der Waals surface area contributed by atoms with Gasteiger partial charge in [0.05, 0.1) is 18.4 Å². The van der Waals surface area contributed by atoms with Crippen molar-refractivity contribution in [2.75, 3.05) is 12.8 Å². The summed E-state index contributed by atoms with van der Waals surface area (Å²) in [5.41, 5.74) is 5.33. The summed E-state index contributed by atoms with van der Waals surface area (Å²) in [6.07, 6.45) is 0. The molecule has 0 radical (unpaired) electrons. The first-order valence-electron chi connectivity index (χ1n) is 3.98. The summed E-state index contributed by atoms with van der Waals surface area (Å²) < 4.78 is 32.1. The van der Waals surface area contributed by atoms with Gasteiger partial charge in [-0.2, -0.15) is 8.78 Å². The molecule has 0 aliphatic rings. The Hall–Kier alpha value is -1.85. The topological polar surface area (TPSA) is 61.5 Å². The molecule has 0 amide bonds. The number of carbonyl (C=O) groups excluding carboxylic acids is 1. The Morgan fingerprint density at radius 2 is 2.13 bits per heavy atom. The third-order valence-corrected chi connectivity index (χ3v) is 1.70. The first-order valence-corrected chi connectivity index (χ1v) is 3.98. The fraction of sp³-hybridized carbons (Fsp3) is 0.222. The number of carbonyl (C=O) groups is 1. The van der Waals surface area contributed by atoms with E-state index in [4.69, 9.17) is 10.5 Å². The number of para-hydroxylation sites is 1. The number of hydrogen-bond acceptors (Lipinski definition) is 4. The second kappa shape index (κ2) is 4.59. The number of nitrogens with two attached hydrogens (primary N) is 1. The molecular weight excluding hydrogens is 208 g/mol. The van der Waals surface area contributed by atoms with E-state index in [-0.39, 0.29) is 17.0 Å². The molecule has 15 heavy (non-hydrogen) atoms. The summed E-state index contributed by atoms with van der Waals surface area (Å²) in [6.45, 7) is -3.16. The van der Waals surface area contributed by atoms with Crippen LogP contribution in [-0.4, -0.2) is 19.7 Å². The van der Waals surface area contributed by atoms with Crippen LogP contribution in [-0.2, 0) is 4.74 Å². The van der Waals surface area contributed by atoms with Gasteiger partial charge >= 0.3 is 12.6 Å². The van der Waals surface area contributed by atoms with Gasteiger partial charge in [-0.25, -0.2) is 4.79 Å². The van der Waals surface area contributed by atoms with E-state index < -0.39 is 12.6 Å². The average molecular weight is 217 g/mol. The molecule has 0 unspecified atom stereocenters. The van der Waals surface area contributed by atoms with Crippen molar-refractivity contribution in [3.63, 3.8) is 0 Å². The predicted octanol–water partition coefficient (Wildman–Crippen LogP) is 1.66. The molecule has 0 aliphatic carbocycles. The molecule has 4 nitrogen and oxygen atoms in total. The van der Waals surface area contributed by atoms with Gasteiger partial charge < -0.3 is 15.2 Å². The Morgan fingerprint density at radius 1 is 1.47 bits per heavy atom. The summed E-state index contributed by atoms with van der Waals surface area (Å²) in [6, 6.07) is 4.24. The number of esters is 1. The molecule has 0 heterocycles. The van der Waals surface area contributed by atoms with Crippen molar-refractivity contribution in [1.82, 2.24) is 0 Å². The molecule has 82 valence electrons. The Balaban J connectivity index is 2.99. The van der Waals surface area contributed by atoms with Crippen LogP contribution in [0.2, 0.25) is 0 Å². The van der Waals surface area contributed by atoms with Gasteiger partial charge in [0, 0.05) is 0 Å². The molecule has 2 N–H and O–H groups in total. The smallest absolute Gasteiger partial charge is 0.389 e. The molecule has 0 fully saturated rings. The fourth-order valence-electron chi connectivity index (χ4n) is 1.04. The highest BCUT2D eigenvalue weighted by atomic mass is 19.3. The molecule has 6 heteroatoms. The number of alkyl halides is 2. The minimum atomic E-state index is -3.16. The molecule has 1 rings (SSSR count). The number of rotatable bonds is 3. The van der Waals surface area contributed by atoms with Crippen LogP contribution < -0.4 is 10.5 Å². The number of methoxy groups -OCH3 is 1. The Bertz CT molecular complexity index is 368. The molecule has 0 bridgehead atoms. The monoisotopic (exact) mass is 217 g/mol. The van der Waals surface area contributed by atoms with Crippen molar-refractivity contribution in [2.24, 2.45) is 0 Å². The quantitative estimate of drug-likeness (QED) is 0.617. The molecule has 0 aromatic heterocycles. The molecule has 0 saturated carbocycles. The van der Waals surface area contributed by atoms with Gasteiger partial charge in [-0.05, 0) is 12.1 Å². The van der Waals surface area contributed by atoms with E-state index in [0.717, 1.165) is 0 Å². The van der Waals surface area contributed by atoms with Crippen LogP contribution in [0, 0.1) is 0 Å². The summed E-state index contributed by atoms with van der Waals surface area (Å²) in [5.74, 6) is -0.944. The van der Waals surface area contributed by atoms with Crippen LogP contribution >= 0.6 is 0 Å². The van der Waals surface area contributed by atoms with Crippen LogP contribution in [0.25, 0.3) is 0 Å². The summed E-state index contributed by atoms with van der Waals surface area (Å²) in [5, 5.41) is 0. The van der Waals surface area contributed by atoms with Crippen molar-refractivity contribution in [3.8, 4) is 5.75 Å². The van der Waals surface area contributed by atoms with Gasteiger partial charge in [0.15, 0.2) is 0 Å². The minimum absolute atomic E-state index is 0.0225. The zero-order chi connectivity index (χ0) is 11.4. The molecule has 0 saturated heterocycles. The van der Waals surface area contributed by atoms with Crippen molar-refractivity contribution < 1.29 is 23.0 Å². The third-order valence-electron chi connectivity index (χ3n) is 1.70. The maximum atomic E-state index is 11.8. The lowest BCUT2D eigenvalue weighted by Crippen LogP contribution is -2.12. The number of nitrogen functional groups attached to an aromatic ring is 1. The second-order valence-corrected chi connectivity index (χ2v) is 2.59. The van der Waals surface area contributed by atoms with E-state index in [1.54, 1.807) is 0 Å². The first kappa shape index (κ1) is 11.2. The van der Waals surface area contributed by atoms with E-state index in [1.165, 1.54) is 25.3 Å². The van der Waals surface area contributed by atoms with Crippen LogP contribution in [0.1, 0.15) is 10.4 Å². The zero-order valence-corrected chi connectivity index (χ0v) is 7.87. The number of ether oxygens (including phenoxy) is 2. The normalized spacial score (nSPS) is 10.1. The second-order valence-electron chi connectivity index (χ2n) is 2.59. The predicted molar refractivity (Wildman–Crippen MR) is 48.8 cm³/mol. The van der Waals surface area contributed by atoms with Crippen LogP contribution in [0.4, 0.5) is 14.5 Å². The van der Waals surface area contributed by atoms with Crippen molar-refractivity contribution in [2.45, 2.75) is 6.61 Å². The molecular formula is C9H9F2NO3. The minimum Gasteiger partial charge on any atom is -0.495 e. The lowest BCUT2D eigenvalue weighted by molar-refractivity contribution is -0.0905. The zero-order valence-electron chi connectivity index (χ0n) is 7.87. The van der Waals surface area contributed by atoms with E-state index in [0.29, 0.717) is 0 Å². The molecule has 0 atom stereocenters. The van der Waals surface area contributed by atoms with E-state index in [2.05, 4.69) is 4.74 Å². The Morgan fingerprint density at radius 3 is 2.67 bits per heavy atom. The maximum Gasteiger partial charge on any atom is 0.389 e. The molecule has 0 aliphatic heterocycles. The largest absolute Gasteiger partial charge is 0.495 e. The van der Waals surface area contributed by atoms with Crippen LogP contribution in [0.5, 0.6) is 5.75 Å². The van der Waals surface area contributed by atoms with Crippen LogP contribution in [0.3, 0.4) is 0 Å². The Kier molecular flexibility index (Phi) is 3.43. The summed E-state index contributed by atoms with van der Waals surface area (Å²) in [7, 11) is 1.36. The lowest BCUT2D eigenvalue weighted by atomic mass is 10.1. The highest BCUT2D eigenvalue weighted by Crippen LogP contribution is 2.25. The molecule has 1 aromatic rings. The number of anilines is 1. The van der Waals surface area contributed by atoms with Crippen molar-refractivity contribution >= 4 is 11.7 Å². The number of benzene rings is 1. The lowest BCUT2D eigenvalue weighted by Gasteiger charge is -2.08. The van der Waals surface area contributed by atoms with Gasteiger partial charge in [0.2, 0.25) is 0 Å². The molecule has 0 spiro atoms. The number of halogens is 2. The summed E-state index contributed by atoms with van der Waals surface area (Å²) in [4.78, 5) is 11.1. The SMILES string of the molecule is COc1cccc(C(=O)OC(F)F)c1N. The third kappa shape index (κ3) is 2.55. The highest BCUT2D eigenvalue weighted by Gasteiger charge is 2.17. The summed E-state index contributed by atoms with van der Waals surface area (Å²) >= 11 is 0. The highest BCUT2D eigenvalue weighted by molar-refractivity contribution is 5.96.